The normalized spacial score (nSPS) is 12.5. The van der Waals surface area contributed by atoms with E-state index in [1.54, 1.807) is 0 Å². The number of hydrogen-bond donors (Lipinski definition) is 0. The van der Waals surface area contributed by atoms with Crippen LogP contribution in [0, 0.1) is 0 Å². The molecule has 0 aliphatic heterocycles. The lowest BCUT2D eigenvalue weighted by molar-refractivity contribution is -0.167. The number of ether oxygens (including phenoxy) is 3. The summed E-state index contributed by atoms with van der Waals surface area (Å²) in [5.74, 6) is -0.886. The van der Waals surface area contributed by atoms with Crippen LogP contribution in [0.3, 0.4) is 0 Å². The predicted octanol–water partition coefficient (Wildman–Crippen LogP) is 24.8. The Balaban J connectivity index is 3.99. The van der Waals surface area contributed by atoms with E-state index in [2.05, 4.69) is 93.7 Å². The third-order valence-electron chi connectivity index (χ3n) is 16.0. The average molecular weight is 1150 g/mol. The van der Waals surface area contributed by atoms with Gasteiger partial charge in [-0.15, -0.1) is 0 Å². The average Bonchev–Trinajstić information content (AvgIpc) is 3.47. The standard InChI is InChI=1S/C76H136O6/c1-4-7-10-13-16-18-20-22-24-26-28-30-32-34-35-36-37-38-39-40-41-43-44-46-48-50-52-54-56-58-60-63-66-69-75(78)81-72-73(71-80-74(77)68-65-62-15-12-9-6-3)82-76(79)70-67-64-61-59-57-55-53-51-49-47-45-42-33-31-29-27-25-23-21-19-17-14-11-8-5-2/h8,11,17,19,23,25,29,31,42,45,49,51,73H,4-7,9-10,12-16,18,20-22,24,26-28,30,32-41,43-44,46-48,50,52-72H2,1-3H3/b11-8-,19-17-,25-23-,31-29-,45-42-,51-49-. The van der Waals surface area contributed by atoms with Crippen molar-refractivity contribution in [3.05, 3.63) is 72.9 Å². The number of allylic oxidation sites excluding steroid dienone is 12. The van der Waals surface area contributed by atoms with E-state index < -0.39 is 6.10 Å². The Labute approximate surface area is 510 Å². The number of carbonyl (C=O) groups is 3. The molecule has 0 aromatic carbocycles. The molecule has 0 saturated carbocycles. The largest absolute Gasteiger partial charge is 0.462 e. The summed E-state index contributed by atoms with van der Waals surface area (Å²) < 4.78 is 16.8. The van der Waals surface area contributed by atoms with E-state index in [1.807, 2.05) is 0 Å². The van der Waals surface area contributed by atoms with Crippen molar-refractivity contribution in [1.29, 1.82) is 0 Å². The van der Waals surface area contributed by atoms with E-state index in [1.165, 1.54) is 225 Å². The summed E-state index contributed by atoms with van der Waals surface area (Å²) in [6.07, 6.45) is 92.8. The summed E-state index contributed by atoms with van der Waals surface area (Å²) in [5, 5.41) is 0. The van der Waals surface area contributed by atoms with E-state index in [9.17, 15) is 14.4 Å². The lowest BCUT2D eigenvalue weighted by Gasteiger charge is -2.18. The highest BCUT2D eigenvalue weighted by atomic mass is 16.6. The van der Waals surface area contributed by atoms with E-state index >= 15 is 0 Å². The third-order valence-corrected chi connectivity index (χ3v) is 16.0. The van der Waals surface area contributed by atoms with Crippen molar-refractivity contribution in [3.63, 3.8) is 0 Å². The van der Waals surface area contributed by atoms with Crippen LogP contribution in [0.15, 0.2) is 72.9 Å². The van der Waals surface area contributed by atoms with Gasteiger partial charge in [-0.1, -0.05) is 357 Å². The molecule has 6 nitrogen and oxygen atoms in total. The zero-order valence-corrected chi connectivity index (χ0v) is 54.8. The monoisotopic (exact) mass is 1150 g/mol. The third kappa shape index (κ3) is 67.6. The lowest BCUT2D eigenvalue weighted by atomic mass is 10.0. The van der Waals surface area contributed by atoms with Crippen LogP contribution in [-0.2, 0) is 28.6 Å². The van der Waals surface area contributed by atoms with Gasteiger partial charge < -0.3 is 14.2 Å². The molecule has 0 radical (unpaired) electrons. The summed E-state index contributed by atoms with van der Waals surface area (Å²) in [7, 11) is 0. The van der Waals surface area contributed by atoms with Crippen molar-refractivity contribution < 1.29 is 28.6 Å². The molecule has 0 rings (SSSR count). The molecule has 0 bridgehead atoms. The number of esters is 3. The molecular weight excluding hydrogens is 1010 g/mol. The maximum atomic E-state index is 12.9. The van der Waals surface area contributed by atoms with E-state index in [4.69, 9.17) is 14.2 Å². The van der Waals surface area contributed by atoms with Gasteiger partial charge in [0, 0.05) is 19.3 Å². The first kappa shape index (κ1) is 78.8. The van der Waals surface area contributed by atoms with Gasteiger partial charge >= 0.3 is 17.9 Å². The Bertz CT molecular complexity index is 1500. The first-order valence-corrected chi connectivity index (χ1v) is 35.9. The number of rotatable bonds is 66. The summed E-state index contributed by atoms with van der Waals surface area (Å²) >= 11 is 0. The zero-order valence-electron chi connectivity index (χ0n) is 54.8. The SMILES string of the molecule is CC/C=C\C/C=C\C/C=C\C/C=C\C/C=C\C/C=C\CCCCCCCCC(=O)OC(COC(=O)CCCCCCCC)COC(=O)CCCCCCCCCCCCCCCCCCCCCCCCCCCCCCCCCCC. The van der Waals surface area contributed by atoms with Crippen LogP contribution in [0.25, 0.3) is 0 Å². The van der Waals surface area contributed by atoms with Crippen molar-refractivity contribution in [2.24, 2.45) is 0 Å². The Kier molecular flexibility index (Phi) is 67.6. The summed E-state index contributed by atoms with van der Waals surface area (Å²) in [6.45, 7) is 6.50. The van der Waals surface area contributed by atoms with Crippen molar-refractivity contribution in [2.45, 2.75) is 380 Å². The predicted molar refractivity (Wildman–Crippen MR) is 358 cm³/mol. The van der Waals surface area contributed by atoms with Gasteiger partial charge in [-0.25, -0.2) is 0 Å². The van der Waals surface area contributed by atoms with Crippen molar-refractivity contribution in [2.75, 3.05) is 13.2 Å². The Morgan fingerprint density at radius 2 is 0.476 bits per heavy atom. The first-order valence-electron chi connectivity index (χ1n) is 35.9. The summed E-state index contributed by atoms with van der Waals surface area (Å²) in [5.41, 5.74) is 0. The van der Waals surface area contributed by atoms with Crippen LogP contribution in [0.1, 0.15) is 374 Å². The van der Waals surface area contributed by atoms with Gasteiger partial charge in [0.05, 0.1) is 0 Å². The van der Waals surface area contributed by atoms with Crippen LogP contribution in [0.4, 0.5) is 0 Å². The fraction of sp³-hybridized carbons (Fsp3) is 0.803. The van der Waals surface area contributed by atoms with Crippen molar-refractivity contribution in [1.82, 2.24) is 0 Å². The van der Waals surface area contributed by atoms with Gasteiger partial charge in [0.2, 0.25) is 0 Å². The first-order chi connectivity index (χ1) is 40.5. The maximum Gasteiger partial charge on any atom is 0.306 e. The second-order valence-electron chi connectivity index (χ2n) is 24.1. The van der Waals surface area contributed by atoms with E-state index in [0.29, 0.717) is 19.3 Å². The molecular formula is C76H136O6. The van der Waals surface area contributed by atoms with E-state index in [0.717, 1.165) is 109 Å². The smallest absolute Gasteiger partial charge is 0.306 e. The molecule has 0 N–H and O–H groups in total. The number of hydrogen-bond acceptors (Lipinski definition) is 6. The fourth-order valence-electron chi connectivity index (χ4n) is 10.6. The molecule has 1 unspecified atom stereocenters. The minimum Gasteiger partial charge on any atom is -0.462 e. The highest BCUT2D eigenvalue weighted by molar-refractivity contribution is 5.71. The Morgan fingerprint density at radius 1 is 0.256 bits per heavy atom. The molecule has 0 aliphatic rings. The van der Waals surface area contributed by atoms with Crippen LogP contribution in [0.5, 0.6) is 0 Å². The lowest BCUT2D eigenvalue weighted by Crippen LogP contribution is -2.30. The molecule has 82 heavy (non-hydrogen) atoms. The van der Waals surface area contributed by atoms with Crippen LogP contribution in [0.2, 0.25) is 0 Å². The molecule has 0 aromatic rings. The van der Waals surface area contributed by atoms with Gasteiger partial charge in [-0.2, -0.15) is 0 Å². The van der Waals surface area contributed by atoms with Crippen LogP contribution in [-0.4, -0.2) is 37.2 Å². The summed E-state index contributed by atoms with van der Waals surface area (Å²) in [6, 6.07) is 0. The molecule has 1 atom stereocenters. The highest BCUT2D eigenvalue weighted by Gasteiger charge is 2.19. The van der Waals surface area contributed by atoms with Gasteiger partial charge in [0.25, 0.3) is 0 Å². The Morgan fingerprint density at radius 3 is 0.744 bits per heavy atom. The maximum absolute atomic E-state index is 12.9. The minimum atomic E-state index is -0.780. The quantitative estimate of drug-likeness (QED) is 0.0261. The molecule has 0 heterocycles. The molecule has 0 fully saturated rings. The van der Waals surface area contributed by atoms with Gasteiger partial charge in [0.1, 0.15) is 13.2 Å². The fourth-order valence-corrected chi connectivity index (χ4v) is 10.6. The van der Waals surface area contributed by atoms with E-state index in [-0.39, 0.29) is 31.1 Å². The second kappa shape index (κ2) is 70.3. The van der Waals surface area contributed by atoms with Gasteiger partial charge in [-0.05, 0) is 70.6 Å². The van der Waals surface area contributed by atoms with Crippen LogP contribution >= 0.6 is 0 Å². The summed E-state index contributed by atoms with van der Waals surface area (Å²) in [4.78, 5) is 38.1. The molecule has 476 valence electrons. The zero-order chi connectivity index (χ0) is 59.2. The molecule has 0 aliphatic carbocycles. The van der Waals surface area contributed by atoms with Crippen molar-refractivity contribution >= 4 is 17.9 Å². The molecule has 6 heteroatoms. The second-order valence-corrected chi connectivity index (χ2v) is 24.1. The highest BCUT2D eigenvalue weighted by Crippen LogP contribution is 2.19. The molecule has 0 saturated heterocycles. The van der Waals surface area contributed by atoms with Gasteiger partial charge in [0.15, 0.2) is 6.10 Å². The molecule has 0 amide bonds. The van der Waals surface area contributed by atoms with Gasteiger partial charge in [-0.3, -0.25) is 14.4 Å². The van der Waals surface area contributed by atoms with Crippen LogP contribution < -0.4 is 0 Å². The van der Waals surface area contributed by atoms with Crippen molar-refractivity contribution in [3.8, 4) is 0 Å². The molecule has 0 spiro atoms. The number of unbranched alkanes of at least 4 members (excludes halogenated alkanes) is 43. The topological polar surface area (TPSA) is 78.9 Å². The number of carbonyl (C=O) groups excluding carboxylic acids is 3. The minimum absolute atomic E-state index is 0.0781. The Hall–Kier alpha value is -3.15. The molecule has 0 aromatic heterocycles.